The van der Waals surface area contributed by atoms with Gasteiger partial charge in [-0.2, -0.15) is 10.1 Å². The fourth-order valence-corrected chi connectivity index (χ4v) is 2.86. The summed E-state index contributed by atoms with van der Waals surface area (Å²) in [6.07, 6.45) is 7.73. The van der Waals surface area contributed by atoms with Crippen molar-refractivity contribution >= 4 is 11.8 Å². The molecule has 7 heteroatoms. The van der Waals surface area contributed by atoms with Gasteiger partial charge in [-0.25, -0.2) is 4.98 Å². The minimum atomic E-state index is 0.468. The molecule has 0 aliphatic heterocycles. The minimum Gasteiger partial charge on any atom is -0.339 e. The van der Waals surface area contributed by atoms with Crippen LogP contribution in [0.5, 0.6) is 0 Å². The second-order valence-electron chi connectivity index (χ2n) is 4.46. The molecule has 6 nitrogen and oxygen atoms in total. The highest BCUT2D eigenvalue weighted by atomic mass is 32.2. The van der Waals surface area contributed by atoms with Crippen LogP contribution in [0.1, 0.15) is 49.7 Å². The van der Waals surface area contributed by atoms with E-state index in [9.17, 15) is 0 Å². The second-order valence-corrected chi connectivity index (χ2v) is 5.43. The Morgan fingerprint density at radius 1 is 1.33 bits per heavy atom. The summed E-state index contributed by atoms with van der Waals surface area (Å²) in [5.74, 6) is 2.67. The van der Waals surface area contributed by atoms with Gasteiger partial charge in [0.15, 0.2) is 11.0 Å². The van der Waals surface area contributed by atoms with Gasteiger partial charge in [0, 0.05) is 5.92 Å². The van der Waals surface area contributed by atoms with Crippen LogP contribution in [0.4, 0.5) is 0 Å². The molecule has 1 fully saturated rings. The van der Waals surface area contributed by atoms with Gasteiger partial charge in [0.2, 0.25) is 5.89 Å². The van der Waals surface area contributed by atoms with Crippen LogP contribution in [-0.4, -0.2) is 25.3 Å². The first-order valence-electron chi connectivity index (χ1n) is 6.22. The predicted molar refractivity (Wildman–Crippen MR) is 66.1 cm³/mol. The highest BCUT2D eigenvalue weighted by Gasteiger charge is 2.21. The molecule has 1 aliphatic rings. The van der Waals surface area contributed by atoms with E-state index in [-0.39, 0.29) is 0 Å². The highest BCUT2D eigenvalue weighted by Crippen LogP contribution is 2.31. The molecule has 96 valence electrons. The normalized spacial score (nSPS) is 17.1. The van der Waals surface area contributed by atoms with Crippen LogP contribution in [0, 0.1) is 0 Å². The van der Waals surface area contributed by atoms with E-state index in [1.54, 1.807) is 0 Å². The van der Waals surface area contributed by atoms with Crippen LogP contribution in [0.15, 0.2) is 16.0 Å². The van der Waals surface area contributed by atoms with Crippen molar-refractivity contribution in [2.24, 2.45) is 0 Å². The Balaban J connectivity index is 1.59. The predicted octanol–water partition coefficient (Wildman–Crippen LogP) is 2.53. The van der Waals surface area contributed by atoms with Crippen LogP contribution in [0.2, 0.25) is 0 Å². The molecule has 0 unspecified atom stereocenters. The van der Waals surface area contributed by atoms with Crippen molar-refractivity contribution in [1.29, 1.82) is 0 Å². The lowest BCUT2D eigenvalue weighted by Gasteiger charge is -2.17. The van der Waals surface area contributed by atoms with Crippen LogP contribution in [0.3, 0.4) is 0 Å². The summed E-state index contributed by atoms with van der Waals surface area (Å²) in [6, 6.07) is 0. The maximum absolute atomic E-state index is 5.35. The smallest absolute Gasteiger partial charge is 0.229 e. The molecule has 2 aromatic rings. The summed E-state index contributed by atoms with van der Waals surface area (Å²) in [4.78, 5) is 8.51. The van der Waals surface area contributed by atoms with Gasteiger partial charge in [0.25, 0.3) is 0 Å². The van der Waals surface area contributed by atoms with Gasteiger partial charge in [0.1, 0.15) is 6.33 Å². The third kappa shape index (κ3) is 2.72. The zero-order chi connectivity index (χ0) is 12.2. The molecule has 1 aliphatic carbocycles. The van der Waals surface area contributed by atoms with Crippen molar-refractivity contribution in [3.05, 3.63) is 18.0 Å². The van der Waals surface area contributed by atoms with E-state index in [0.717, 1.165) is 16.9 Å². The number of rotatable bonds is 4. The molecule has 0 bridgehead atoms. The number of hydrogen-bond donors (Lipinski definition) is 1. The van der Waals surface area contributed by atoms with Gasteiger partial charge < -0.3 is 4.52 Å². The molecule has 0 atom stereocenters. The van der Waals surface area contributed by atoms with Crippen molar-refractivity contribution in [3.8, 4) is 0 Å². The molecular formula is C11H15N5OS. The minimum absolute atomic E-state index is 0.468. The lowest BCUT2D eigenvalue weighted by Crippen LogP contribution is -2.04. The lowest BCUT2D eigenvalue weighted by molar-refractivity contribution is 0.312. The third-order valence-electron chi connectivity index (χ3n) is 3.17. The first kappa shape index (κ1) is 11.7. The molecule has 3 rings (SSSR count). The number of aromatic nitrogens is 5. The molecular weight excluding hydrogens is 250 g/mol. The summed E-state index contributed by atoms with van der Waals surface area (Å²) in [6.45, 7) is 0. The molecule has 0 aromatic carbocycles. The van der Waals surface area contributed by atoms with E-state index < -0.39 is 0 Å². The zero-order valence-corrected chi connectivity index (χ0v) is 10.8. The Labute approximate surface area is 109 Å². The number of nitrogens with one attached hydrogen (secondary N) is 1. The average molecular weight is 265 g/mol. The van der Waals surface area contributed by atoms with Gasteiger partial charge in [-0.1, -0.05) is 36.2 Å². The Kier molecular flexibility index (Phi) is 3.59. The molecule has 1 N–H and O–H groups in total. The molecule has 0 spiro atoms. The first-order chi connectivity index (χ1) is 8.92. The van der Waals surface area contributed by atoms with Crippen molar-refractivity contribution in [2.45, 2.75) is 48.9 Å². The highest BCUT2D eigenvalue weighted by molar-refractivity contribution is 7.98. The largest absolute Gasteiger partial charge is 0.339 e. The number of aromatic amines is 1. The third-order valence-corrected chi connectivity index (χ3v) is 4.04. The van der Waals surface area contributed by atoms with E-state index in [2.05, 4.69) is 25.3 Å². The summed E-state index contributed by atoms with van der Waals surface area (Å²) < 4.78 is 5.35. The van der Waals surface area contributed by atoms with Crippen molar-refractivity contribution in [3.63, 3.8) is 0 Å². The number of nitrogens with zero attached hydrogens (tertiary/aromatic N) is 4. The van der Waals surface area contributed by atoms with Gasteiger partial charge in [-0.15, -0.1) is 0 Å². The summed E-state index contributed by atoms with van der Waals surface area (Å²) in [5.41, 5.74) is 0. The number of H-pyrrole nitrogens is 1. The monoisotopic (exact) mass is 265 g/mol. The molecule has 0 saturated heterocycles. The maximum Gasteiger partial charge on any atom is 0.229 e. The van der Waals surface area contributed by atoms with E-state index in [1.807, 2.05) is 0 Å². The Hall–Kier alpha value is -1.37. The molecule has 2 heterocycles. The molecule has 1 saturated carbocycles. The number of hydrogen-bond acceptors (Lipinski definition) is 6. The van der Waals surface area contributed by atoms with Crippen LogP contribution in [-0.2, 0) is 5.75 Å². The van der Waals surface area contributed by atoms with Gasteiger partial charge in [-0.05, 0) is 12.8 Å². The van der Waals surface area contributed by atoms with Gasteiger partial charge in [-0.3, -0.25) is 5.10 Å². The fraction of sp³-hybridized carbons (Fsp3) is 0.636. The lowest BCUT2D eigenvalue weighted by atomic mass is 9.89. The van der Waals surface area contributed by atoms with E-state index in [1.165, 1.54) is 50.2 Å². The quantitative estimate of drug-likeness (QED) is 0.855. The van der Waals surface area contributed by atoms with Crippen molar-refractivity contribution < 1.29 is 4.52 Å². The summed E-state index contributed by atoms with van der Waals surface area (Å²) in [5, 5.41) is 11.4. The standard InChI is InChI=1S/C11H15N5OS/c1-2-4-8(5-3-1)10-14-9(16-17-10)6-18-11-12-7-13-15-11/h7-8H,1-6H2,(H,12,13,15). The molecule has 18 heavy (non-hydrogen) atoms. The van der Waals surface area contributed by atoms with Crippen molar-refractivity contribution in [1.82, 2.24) is 25.3 Å². The summed E-state index contributed by atoms with van der Waals surface area (Å²) >= 11 is 1.53. The SMILES string of the molecule is c1n[nH]c(SCc2noc(C3CCCCC3)n2)n1. The van der Waals surface area contributed by atoms with Crippen LogP contribution >= 0.6 is 11.8 Å². The topological polar surface area (TPSA) is 80.5 Å². The Bertz CT molecular complexity index is 477. The molecule has 0 amide bonds. The molecule has 0 radical (unpaired) electrons. The van der Waals surface area contributed by atoms with Crippen LogP contribution in [0.25, 0.3) is 0 Å². The van der Waals surface area contributed by atoms with E-state index >= 15 is 0 Å². The van der Waals surface area contributed by atoms with Crippen LogP contribution < -0.4 is 0 Å². The Morgan fingerprint density at radius 3 is 3.00 bits per heavy atom. The Morgan fingerprint density at radius 2 is 2.22 bits per heavy atom. The van der Waals surface area contributed by atoms with E-state index in [0.29, 0.717) is 11.7 Å². The second kappa shape index (κ2) is 5.51. The van der Waals surface area contributed by atoms with Gasteiger partial charge >= 0.3 is 0 Å². The average Bonchev–Trinajstić information content (AvgIpc) is 3.09. The molecule has 2 aromatic heterocycles. The summed E-state index contributed by atoms with van der Waals surface area (Å²) in [7, 11) is 0. The van der Waals surface area contributed by atoms with Gasteiger partial charge in [0.05, 0.1) is 5.75 Å². The van der Waals surface area contributed by atoms with Crippen molar-refractivity contribution in [2.75, 3.05) is 0 Å². The maximum atomic E-state index is 5.35. The van der Waals surface area contributed by atoms with E-state index in [4.69, 9.17) is 4.52 Å². The number of thioether (sulfide) groups is 1. The first-order valence-corrected chi connectivity index (χ1v) is 7.21. The zero-order valence-electron chi connectivity index (χ0n) is 10.0. The fourth-order valence-electron chi connectivity index (χ4n) is 2.24.